The predicted octanol–water partition coefficient (Wildman–Crippen LogP) is 20.4. The van der Waals surface area contributed by atoms with Crippen molar-refractivity contribution in [3.8, 4) is 44.5 Å². The summed E-state index contributed by atoms with van der Waals surface area (Å²) in [5.74, 6) is 0. The molecule has 0 unspecified atom stereocenters. The molecule has 0 saturated carbocycles. The molecular formula is C72H40O2Se. The van der Waals surface area contributed by atoms with Crippen molar-refractivity contribution in [1.82, 2.24) is 0 Å². The zero-order valence-electron chi connectivity index (χ0n) is 40.3. The van der Waals surface area contributed by atoms with Gasteiger partial charge in [0, 0.05) is 0 Å². The summed E-state index contributed by atoms with van der Waals surface area (Å²) in [6, 6.07) is 90.0. The van der Waals surface area contributed by atoms with Crippen LogP contribution >= 0.6 is 0 Å². The van der Waals surface area contributed by atoms with Crippen molar-refractivity contribution in [2.45, 2.75) is 0 Å². The second-order valence-corrected chi connectivity index (χ2v) is 22.5. The van der Waals surface area contributed by atoms with E-state index < -0.39 is 0 Å². The standard InChI is InChI=1S/C72H40O2Se/c1-3-15-43-38-65-60(33-41(43)13-1)58-35-45(26-30-63(58)73-65)69-50-17-5-7-19-52(50)71(53-20-8-6-18-51(53)69)47-28-32-67-62(37-47)49-29-25-48(40-68(49)75-67)72-56-23-11-9-21-54(56)70(55-22-10-12-24-57(55)72)46-27-31-64-59(36-46)61-34-42-14-2-4-16-44(42)39-66(61)74-64/h1-40H. The summed E-state index contributed by atoms with van der Waals surface area (Å²) in [4.78, 5) is 0. The second-order valence-electron chi connectivity index (χ2n) is 20.2. The Hall–Kier alpha value is -9.24. The normalized spacial score (nSPS) is 12.3. The van der Waals surface area contributed by atoms with E-state index in [4.69, 9.17) is 8.83 Å². The Morgan fingerprint density at radius 2 is 0.520 bits per heavy atom. The zero-order valence-corrected chi connectivity index (χ0v) is 42.0. The Morgan fingerprint density at radius 3 is 0.933 bits per heavy atom. The van der Waals surface area contributed by atoms with Crippen molar-refractivity contribution in [3.63, 3.8) is 0 Å². The first-order chi connectivity index (χ1) is 37.1. The topological polar surface area (TPSA) is 26.3 Å². The second kappa shape index (κ2) is 15.6. The molecule has 0 aliphatic heterocycles. The predicted molar refractivity (Wildman–Crippen MR) is 320 cm³/mol. The summed E-state index contributed by atoms with van der Waals surface area (Å²) in [6.07, 6.45) is 0. The third kappa shape index (κ3) is 6.08. The van der Waals surface area contributed by atoms with Gasteiger partial charge in [0.1, 0.15) is 5.58 Å². The van der Waals surface area contributed by atoms with Gasteiger partial charge in [0.25, 0.3) is 0 Å². The molecule has 0 fully saturated rings. The first-order valence-electron chi connectivity index (χ1n) is 25.7. The van der Waals surface area contributed by atoms with Gasteiger partial charge < -0.3 is 4.42 Å². The van der Waals surface area contributed by atoms with E-state index in [2.05, 4.69) is 243 Å². The fraction of sp³-hybridized carbons (Fsp3) is 0. The molecule has 75 heavy (non-hydrogen) atoms. The molecule has 0 N–H and O–H groups in total. The monoisotopic (exact) mass is 1020 g/mol. The molecule has 0 bridgehead atoms. The summed E-state index contributed by atoms with van der Waals surface area (Å²) >= 11 is 0.148. The summed E-state index contributed by atoms with van der Waals surface area (Å²) < 4.78 is 15.8. The van der Waals surface area contributed by atoms with Crippen molar-refractivity contribution in [2.75, 3.05) is 0 Å². The van der Waals surface area contributed by atoms with Crippen LogP contribution in [0.4, 0.5) is 0 Å². The molecule has 17 aromatic rings. The molecule has 17 rings (SSSR count). The first kappa shape index (κ1) is 41.3. The molecular weight excluding hydrogens is 976 g/mol. The average molecular weight is 1020 g/mol. The van der Waals surface area contributed by atoms with Crippen LogP contribution in [-0.2, 0) is 0 Å². The fourth-order valence-electron chi connectivity index (χ4n) is 12.8. The SMILES string of the molecule is c1ccc2cc3c(cc2c1)oc1ccc(-c2c4ccccc4c(-c4ccc5c(c4)[se]c4ccc(-c6c7ccccc7c(-c7ccc8oc9cc%10ccccc%10cc9c8c7)c7ccccc67)cc45)c4ccccc24)cc13. The van der Waals surface area contributed by atoms with Gasteiger partial charge in [-0.25, -0.2) is 0 Å². The van der Waals surface area contributed by atoms with E-state index >= 15 is 0 Å². The number of furan rings is 2. The summed E-state index contributed by atoms with van der Waals surface area (Å²) in [5.41, 5.74) is 13.6. The van der Waals surface area contributed by atoms with Gasteiger partial charge >= 0.3 is 340 Å². The summed E-state index contributed by atoms with van der Waals surface area (Å²) in [7, 11) is 0. The van der Waals surface area contributed by atoms with Crippen molar-refractivity contribution in [2.24, 2.45) is 0 Å². The van der Waals surface area contributed by atoms with Crippen molar-refractivity contribution in [3.05, 3.63) is 243 Å². The van der Waals surface area contributed by atoms with Crippen LogP contribution in [0.15, 0.2) is 251 Å². The molecule has 14 aromatic carbocycles. The molecule has 3 heteroatoms. The van der Waals surface area contributed by atoms with Crippen LogP contribution in [0.3, 0.4) is 0 Å². The number of hydrogen-bond donors (Lipinski definition) is 0. The van der Waals surface area contributed by atoms with Crippen molar-refractivity contribution < 1.29 is 8.83 Å². The third-order valence-corrected chi connectivity index (χ3v) is 18.5. The van der Waals surface area contributed by atoms with Gasteiger partial charge in [0.05, 0.1) is 0 Å². The van der Waals surface area contributed by atoms with E-state index in [0.29, 0.717) is 0 Å². The molecule has 0 saturated heterocycles. The van der Waals surface area contributed by atoms with E-state index in [9.17, 15) is 0 Å². The number of rotatable bonds is 4. The average Bonchev–Trinajstić information content (AvgIpc) is 4.16. The van der Waals surface area contributed by atoms with Crippen LogP contribution in [0.25, 0.3) is 172 Å². The Kier molecular flexibility index (Phi) is 8.60. The molecule has 0 spiro atoms. The van der Waals surface area contributed by atoms with Gasteiger partial charge in [0.2, 0.25) is 0 Å². The van der Waals surface area contributed by atoms with Crippen LogP contribution in [0, 0.1) is 0 Å². The van der Waals surface area contributed by atoms with Gasteiger partial charge in [0.15, 0.2) is 0 Å². The van der Waals surface area contributed by atoms with E-state index in [1.165, 1.54) is 128 Å². The molecule has 3 heterocycles. The van der Waals surface area contributed by atoms with Crippen LogP contribution in [0.1, 0.15) is 0 Å². The first-order valence-corrected chi connectivity index (χ1v) is 27.4. The maximum atomic E-state index is 6.47. The molecule has 0 aliphatic carbocycles. The van der Waals surface area contributed by atoms with Crippen LogP contribution in [0.2, 0.25) is 0 Å². The summed E-state index contributed by atoms with van der Waals surface area (Å²) in [5, 5.41) is 22.1. The Morgan fingerprint density at radius 1 is 0.200 bits per heavy atom. The molecule has 346 valence electrons. The van der Waals surface area contributed by atoms with E-state index in [1.54, 1.807) is 0 Å². The Bertz CT molecular complexity index is 5200. The van der Waals surface area contributed by atoms with Crippen LogP contribution < -0.4 is 0 Å². The molecule has 2 nitrogen and oxygen atoms in total. The van der Waals surface area contributed by atoms with E-state index in [1.807, 2.05) is 0 Å². The molecule has 0 radical (unpaired) electrons. The van der Waals surface area contributed by atoms with E-state index in [0.717, 1.165) is 43.9 Å². The van der Waals surface area contributed by atoms with E-state index in [-0.39, 0.29) is 14.5 Å². The zero-order chi connectivity index (χ0) is 48.9. The Balaban J connectivity index is 0.811. The number of benzene rings is 14. The number of hydrogen-bond acceptors (Lipinski definition) is 2. The number of fused-ring (bicyclic) bond motifs is 15. The molecule has 0 amide bonds. The van der Waals surface area contributed by atoms with Gasteiger partial charge in [-0.1, -0.05) is 48.5 Å². The van der Waals surface area contributed by atoms with Crippen molar-refractivity contribution in [1.29, 1.82) is 0 Å². The van der Waals surface area contributed by atoms with Gasteiger partial charge in [-0.2, -0.15) is 0 Å². The summed E-state index contributed by atoms with van der Waals surface area (Å²) in [6.45, 7) is 0. The van der Waals surface area contributed by atoms with Gasteiger partial charge in [-0.3, -0.25) is 0 Å². The quantitative estimate of drug-likeness (QED) is 0.130. The van der Waals surface area contributed by atoms with Crippen LogP contribution in [-0.4, -0.2) is 14.5 Å². The van der Waals surface area contributed by atoms with Crippen molar-refractivity contribution >= 4 is 142 Å². The van der Waals surface area contributed by atoms with Gasteiger partial charge in [-0.05, 0) is 39.7 Å². The minimum atomic E-state index is 0.148. The molecule has 3 aromatic heterocycles. The fourth-order valence-corrected chi connectivity index (χ4v) is 15.2. The maximum absolute atomic E-state index is 6.47. The van der Waals surface area contributed by atoms with Gasteiger partial charge in [-0.15, -0.1) is 0 Å². The molecule has 0 aliphatic rings. The Labute approximate surface area is 435 Å². The third-order valence-electron chi connectivity index (χ3n) is 16.2. The van der Waals surface area contributed by atoms with Crippen LogP contribution in [0.5, 0.6) is 0 Å². The minimum absolute atomic E-state index is 0.148. The molecule has 0 atom stereocenters.